The fraction of sp³-hybridized carbons (Fsp3) is 0.462. The van der Waals surface area contributed by atoms with Crippen LogP contribution in [0.4, 0.5) is 0 Å². The lowest BCUT2D eigenvalue weighted by Crippen LogP contribution is -2.38. The predicted octanol–water partition coefficient (Wildman–Crippen LogP) is 0.828. The minimum absolute atomic E-state index is 0.0336. The van der Waals surface area contributed by atoms with Gasteiger partial charge in [0.15, 0.2) is 0 Å². The molecule has 1 atom stereocenters. The van der Waals surface area contributed by atoms with E-state index >= 15 is 0 Å². The summed E-state index contributed by atoms with van der Waals surface area (Å²) >= 11 is 0. The number of hydrogen-bond acceptors (Lipinski definition) is 4. The van der Waals surface area contributed by atoms with E-state index in [-0.39, 0.29) is 29.9 Å². The number of nitrogens with one attached hydrogen (secondary N) is 1. The monoisotopic (exact) mass is 253 g/mol. The topological polar surface area (TPSA) is 78.8 Å². The van der Waals surface area contributed by atoms with Crippen LogP contribution in [0.15, 0.2) is 18.2 Å². The van der Waals surface area contributed by atoms with Gasteiger partial charge in [-0.15, -0.1) is 0 Å². The average Bonchev–Trinajstić information content (AvgIpc) is 2.33. The van der Waals surface area contributed by atoms with Gasteiger partial charge in [-0.05, 0) is 25.5 Å². The van der Waals surface area contributed by atoms with E-state index in [0.29, 0.717) is 13.0 Å². The van der Waals surface area contributed by atoms with Gasteiger partial charge in [-0.25, -0.2) is 0 Å². The maximum Gasteiger partial charge on any atom is 0.255 e. The second-order valence-corrected chi connectivity index (χ2v) is 4.16. The normalized spacial score (nSPS) is 12.2. The third kappa shape index (κ3) is 4.01. The molecular formula is C13H19NO4. The molecular weight excluding hydrogens is 234 g/mol. The van der Waals surface area contributed by atoms with Crippen molar-refractivity contribution < 1.29 is 19.7 Å². The summed E-state index contributed by atoms with van der Waals surface area (Å²) in [6, 6.07) is 4.56. The highest BCUT2D eigenvalue weighted by molar-refractivity contribution is 5.97. The molecule has 0 aliphatic rings. The zero-order valence-corrected chi connectivity index (χ0v) is 10.6. The molecule has 1 unspecified atom stereocenters. The van der Waals surface area contributed by atoms with Crippen molar-refractivity contribution in [2.75, 3.05) is 20.3 Å². The molecule has 0 saturated carbocycles. The van der Waals surface area contributed by atoms with Gasteiger partial charge in [0.2, 0.25) is 0 Å². The summed E-state index contributed by atoms with van der Waals surface area (Å²) in [7, 11) is 1.53. The lowest BCUT2D eigenvalue weighted by Gasteiger charge is -2.17. The number of phenols is 1. The van der Waals surface area contributed by atoms with Crippen molar-refractivity contribution in [2.45, 2.75) is 19.4 Å². The maximum absolute atomic E-state index is 12.0. The molecule has 5 nitrogen and oxygen atoms in total. The smallest absolute Gasteiger partial charge is 0.255 e. The van der Waals surface area contributed by atoms with Crippen molar-refractivity contribution in [2.24, 2.45) is 0 Å². The molecule has 0 aliphatic heterocycles. The number of hydrogen-bond donors (Lipinski definition) is 3. The van der Waals surface area contributed by atoms with Crippen LogP contribution in [0.2, 0.25) is 0 Å². The molecule has 1 aromatic rings. The van der Waals surface area contributed by atoms with Crippen LogP contribution in [0.3, 0.4) is 0 Å². The highest BCUT2D eigenvalue weighted by atomic mass is 16.5. The van der Waals surface area contributed by atoms with Crippen molar-refractivity contribution >= 4 is 5.91 Å². The third-order valence-electron chi connectivity index (χ3n) is 2.58. The zero-order valence-electron chi connectivity index (χ0n) is 10.6. The first-order chi connectivity index (χ1) is 8.58. The second-order valence-electron chi connectivity index (χ2n) is 4.16. The third-order valence-corrected chi connectivity index (χ3v) is 2.58. The highest BCUT2D eigenvalue weighted by Crippen LogP contribution is 2.18. The Morgan fingerprint density at radius 3 is 2.83 bits per heavy atom. The molecule has 0 spiro atoms. The Morgan fingerprint density at radius 1 is 1.50 bits per heavy atom. The van der Waals surface area contributed by atoms with Crippen LogP contribution in [-0.4, -0.2) is 42.5 Å². The number of rotatable bonds is 6. The second kappa shape index (κ2) is 6.98. The number of aliphatic hydroxyl groups excluding tert-OH is 1. The average molecular weight is 253 g/mol. The summed E-state index contributed by atoms with van der Waals surface area (Å²) in [6.07, 6.45) is 0.409. The van der Waals surface area contributed by atoms with Gasteiger partial charge in [0.05, 0.1) is 18.2 Å². The van der Waals surface area contributed by atoms with Gasteiger partial charge in [-0.3, -0.25) is 4.79 Å². The Bertz CT molecular complexity index is 400. The number of aliphatic hydroxyl groups is 1. The summed E-state index contributed by atoms with van der Waals surface area (Å²) < 4.78 is 4.96. The van der Waals surface area contributed by atoms with Crippen molar-refractivity contribution in [1.82, 2.24) is 5.32 Å². The highest BCUT2D eigenvalue weighted by Gasteiger charge is 2.16. The van der Waals surface area contributed by atoms with E-state index in [0.717, 1.165) is 5.56 Å². The quantitative estimate of drug-likeness (QED) is 0.701. The van der Waals surface area contributed by atoms with Gasteiger partial charge in [0.25, 0.3) is 5.91 Å². The van der Waals surface area contributed by atoms with Gasteiger partial charge in [0, 0.05) is 13.7 Å². The predicted molar refractivity (Wildman–Crippen MR) is 67.7 cm³/mol. The number of amides is 1. The Kier molecular flexibility index (Phi) is 5.61. The Balaban J connectivity index is 2.76. The van der Waals surface area contributed by atoms with Crippen molar-refractivity contribution in [3.8, 4) is 5.75 Å². The number of carbonyl (C=O) groups is 1. The van der Waals surface area contributed by atoms with Gasteiger partial charge in [0.1, 0.15) is 5.75 Å². The van der Waals surface area contributed by atoms with Crippen LogP contribution in [0, 0.1) is 6.92 Å². The summed E-state index contributed by atoms with van der Waals surface area (Å²) in [5.41, 5.74) is 1.12. The zero-order chi connectivity index (χ0) is 13.5. The fourth-order valence-electron chi connectivity index (χ4n) is 1.65. The number of methoxy groups -OCH3 is 1. The first kappa shape index (κ1) is 14.5. The standard InChI is InChI=1S/C13H19NO4/c1-9-3-4-12(16)11(7-9)13(17)14-10(5-6-15)8-18-2/h3-4,7,10,15-16H,5-6,8H2,1-2H3,(H,14,17). The van der Waals surface area contributed by atoms with Crippen LogP contribution in [0.1, 0.15) is 22.3 Å². The molecule has 0 heterocycles. The lowest BCUT2D eigenvalue weighted by atomic mass is 10.1. The summed E-state index contributed by atoms with van der Waals surface area (Å²) in [5, 5.41) is 21.2. The first-order valence-electron chi connectivity index (χ1n) is 5.78. The number of aromatic hydroxyl groups is 1. The first-order valence-corrected chi connectivity index (χ1v) is 5.78. The van der Waals surface area contributed by atoms with Crippen LogP contribution in [0.5, 0.6) is 5.75 Å². The number of aryl methyl sites for hydroxylation is 1. The largest absolute Gasteiger partial charge is 0.507 e. The van der Waals surface area contributed by atoms with Gasteiger partial charge < -0.3 is 20.3 Å². The van der Waals surface area contributed by atoms with Crippen LogP contribution in [-0.2, 0) is 4.74 Å². The van der Waals surface area contributed by atoms with E-state index < -0.39 is 0 Å². The fourth-order valence-corrected chi connectivity index (χ4v) is 1.65. The summed E-state index contributed by atoms with van der Waals surface area (Å²) in [5.74, 6) is -0.426. The SMILES string of the molecule is COCC(CCO)NC(=O)c1cc(C)ccc1O. The Morgan fingerprint density at radius 2 is 2.22 bits per heavy atom. The van der Waals surface area contributed by atoms with Gasteiger partial charge in [-0.2, -0.15) is 0 Å². The summed E-state index contributed by atoms with van der Waals surface area (Å²) in [4.78, 5) is 12.0. The van der Waals surface area contributed by atoms with Gasteiger partial charge >= 0.3 is 0 Å². The van der Waals surface area contributed by atoms with Crippen molar-refractivity contribution in [3.05, 3.63) is 29.3 Å². The van der Waals surface area contributed by atoms with Crippen LogP contribution >= 0.6 is 0 Å². The molecule has 0 aliphatic carbocycles. The van der Waals surface area contributed by atoms with Crippen LogP contribution < -0.4 is 5.32 Å². The minimum atomic E-state index is -0.369. The molecule has 0 fully saturated rings. The number of phenolic OH excluding ortho intramolecular Hbond substituents is 1. The van der Waals surface area contributed by atoms with Gasteiger partial charge in [-0.1, -0.05) is 11.6 Å². The molecule has 0 radical (unpaired) electrons. The molecule has 1 rings (SSSR count). The number of ether oxygens (including phenoxy) is 1. The summed E-state index contributed by atoms with van der Waals surface area (Å²) in [6.45, 7) is 2.13. The van der Waals surface area contributed by atoms with E-state index in [9.17, 15) is 9.90 Å². The molecule has 5 heteroatoms. The lowest BCUT2D eigenvalue weighted by molar-refractivity contribution is 0.0876. The Hall–Kier alpha value is -1.59. The van der Waals surface area contributed by atoms with Crippen molar-refractivity contribution in [1.29, 1.82) is 0 Å². The van der Waals surface area contributed by atoms with E-state index in [1.165, 1.54) is 13.2 Å². The molecule has 0 bridgehead atoms. The molecule has 0 saturated heterocycles. The van der Waals surface area contributed by atoms with E-state index in [4.69, 9.17) is 9.84 Å². The molecule has 18 heavy (non-hydrogen) atoms. The Labute approximate surface area is 106 Å². The molecule has 1 amide bonds. The molecule has 3 N–H and O–H groups in total. The van der Waals surface area contributed by atoms with E-state index in [1.54, 1.807) is 12.1 Å². The maximum atomic E-state index is 12.0. The minimum Gasteiger partial charge on any atom is -0.507 e. The van der Waals surface area contributed by atoms with Crippen molar-refractivity contribution in [3.63, 3.8) is 0 Å². The molecule has 0 aromatic heterocycles. The number of carbonyl (C=O) groups excluding carboxylic acids is 1. The molecule has 1 aromatic carbocycles. The van der Waals surface area contributed by atoms with E-state index in [2.05, 4.69) is 5.32 Å². The molecule has 100 valence electrons. The number of benzene rings is 1. The van der Waals surface area contributed by atoms with E-state index in [1.807, 2.05) is 6.92 Å². The van der Waals surface area contributed by atoms with Crippen LogP contribution in [0.25, 0.3) is 0 Å².